The SMILES string of the molecule is CC(C)(C)c1ccc(S(=O)(=O)N2Cc3ccc(C(F)(F)F)nc3Nc3ccc(C(=O)C(F)(F)F)cc32)cc1. The van der Waals surface area contributed by atoms with Gasteiger partial charge in [0.15, 0.2) is 0 Å². The molecule has 38 heavy (non-hydrogen) atoms. The van der Waals surface area contributed by atoms with Gasteiger partial charge in [-0.1, -0.05) is 39.0 Å². The van der Waals surface area contributed by atoms with Crippen molar-refractivity contribution in [2.24, 2.45) is 0 Å². The lowest BCUT2D eigenvalue weighted by molar-refractivity contribution is -0.141. The molecule has 0 atom stereocenters. The Morgan fingerprint density at radius 3 is 2.11 bits per heavy atom. The zero-order chi connectivity index (χ0) is 28.3. The Bertz CT molecular complexity index is 1510. The van der Waals surface area contributed by atoms with E-state index in [0.717, 1.165) is 34.1 Å². The van der Waals surface area contributed by atoms with E-state index in [4.69, 9.17) is 0 Å². The standard InChI is InChI=1S/C25H21F6N3O3S/c1-23(2,3)16-6-8-17(9-7-16)38(36,37)34-13-15-5-11-20(24(26,27)28)33-22(15)32-18-10-4-14(12-19(18)34)21(35)25(29,30)31/h4-12H,13H2,1-3H3,(H,32,33). The molecule has 13 heteroatoms. The molecule has 0 aliphatic carbocycles. The van der Waals surface area contributed by atoms with Crippen molar-refractivity contribution >= 4 is 33.0 Å². The second kappa shape index (κ2) is 9.00. The highest BCUT2D eigenvalue weighted by Gasteiger charge is 2.41. The van der Waals surface area contributed by atoms with Gasteiger partial charge in [-0.2, -0.15) is 26.3 Å². The number of Topliss-reactive ketones (excluding diaryl/α,β-unsaturated/α-hetero) is 1. The molecule has 1 aliphatic heterocycles. The number of rotatable bonds is 3. The Balaban J connectivity index is 1.90. The number of alkyl halides is 6. The van der Waals surface area contributed by atoms with E-state index in [2.05, 4.69) is 10.3 Å². The fourth-order valence-corrected chi connectivity index (χ4v) is 5.32. The molecule has 0 fully saturated rings. The number of sulfonamides is 1. The maximum absolute atomic E-state index is 13.8. The van der Waals surface area contributed by atoms with Gasteiger partial charge < -0.3 is 5.32 Å². The number of aromatic nitrogens is 1. The fourth-order valence-electron chi connectivity index (χ4n) is 3.87. The first-order chi connectivity index (χ1) is 17.4. The van der Waals surface area contributed by atoms with E-state index in [1.54, 1.807) is 12.1 Å². The van der Waals surface area contributed by atoms with Gasteiger partial charge in [-0.05, 0) is 47.4 Å². The Morgan fingerprint density at radius 2 is 1.55 bits per heavy atom. The van der Waals surface area contributed by atoms with Crippen LogP contribution in [0.15, 0.2) is 59.5 Å². The van der Waals surface area contributed by atoms with Gasteiger partial charge >= 0.3 is 12.4 Å². The van der Waals surface area contributed by atoms with Crippen LogP contribution in [0.1, 0.15) is 48.0 Å². The molecule has 0 saturated carbocycles. The Labute approximate surface area is 214 Å². The summed E-state index contributed by atoms with van der Waals surface area (Å²) in [6, 6.07) is 10.1. The molecule has 2 heterocycles. The number of pyridine rings is 1. The summed E-state index contributed by atoms with van der Waals surface area (Å²) in [6.07, 6.45) is -10.0. The average molecular weight is 558 g/mol. The third kappa shape index (κ3) is 5.19. The largest absolute Gasteiger partial charge is 0.454 e. The number of hydrogen-bond acceptors (Lipinski definition) is 5. The number of ketones is 1. The predicted octanol–water partition coefficient (Wildman–Crippen LogP) is 6.60. The summed E-state index contributed by atoms with van der Waals surface area (Å²) >= 11 is 0. The summed E-state index contributed by atoms with van der Waals surface area (Å²) in [7, 11) is -4.47. The number of nitrogens with one attached hydrogen (secondary N) is 1. The van der Waals surface area contributed by atoms with Crippen molar-refractivity contribution in [2.75, 3.05) is 9.62 Å². The first kappa shape index (κ1) is 27.4. The van der Waals surface area contributed by atoms with Crippen LogP contribution in [0.4, 0.5) is 43.5 Å². The van der Waals surface area contributed by atoms with Gasteiger partial charge in [0.25, 0.3) is 15.8 Å². The van der Waals surface area contributed by atoms with E-state index in [0.29, 0.717) is 6.07 Å². The van der Waals surface area contributed by atoms with Crippen molar-refractivity contribution in [2.45, 2.75) is 50.0 Å². The molecule has 1 aromatic heterocycles. The minimum Gasteiger partial charge on any atom is -0.338 e. The molecular weight excluding hydrogens is 536 g/mol. The maximum atomic E-state index is 13.8. The lowest BCUT2D eigenvalue weighted by Gasteiger charge is -2.26. The number of carbonyl (C=O) groups is 1. The zero-order valence-electron chi connectivity index (χ0n) is 20.2. The summed E-state index contributed by atoms with van der Waals surface area (Å²) in [5, 5.41) is 2.59. The summed E-state index contributed by atoms with van der Waals surface area (Å²) < 4.78 is 108. The molecule has 4 rings (SSSR count). The number of halogens is 6. The highest BCUT2D eigenvalue weighted by molar-refractivity contribution is 7.92. The van der Waals surface area contributed by atoms with Crippen molar-refractivity contribution in [1.82, 2.24) is 4.98 Å². The van der Waals surface area contributed by atoms with Crippen LogP contribution in [0.2, 0.25) is 0 Å². The van der Waals surface area contributed by atoms with E-state index >= 15 is 0 Å². The molecule has 1 N–H and O–H groups in total. The first-order valence-electron chi connectivity index (χ1n) is 11.1. The van der Waals surface area contributed by atoms with Gasteiger partial charge in [-0.3, -0.25) is 9.10 Å². The lowest BCUT2D eigenvalue weighted by atomic mass is 9.87. The molecule has 0 spiro atoms. The van der Waals surface area contributed by atoms with Crippen molar-refractivity contribution in [1.29, 1.82) is 0 Å². The number of carbonyl (C=O) groups excluding carboxylic acids is 1. The molecule has 6 nitrogen and oxygen atoms in total. The quantitative estimate of drug-likeness (QED) is 0.290. The summed E-state index contributed by atoms with van der Waals surface area (Å²) in [5.74, 6) is -2.52. The Kier molecular flexibility index (Phi) is 6.49. The van der Waals surface area contributed by atoms with Crippen LogP contribution >= 0.6 is 0 Å². The molecule has 0 saturated heterocycles. The second-order valence-electron chi connectivity index (χ2n) is 9.67. The number of anilines is 3. The topological polar surface area (TPSA) is 79.4 Å². The molecule has 0 radical (unpaired) electrons. The van der Waals surface area contributed by atoms with Crippen LogP contribution in [0, 0.1) is 0 Å². The molecule has 0 unspecified atom stereocenters. The van der Waals surface area contributed by atoms with E-state index in [1.165, 1.54) is 12.1 Å². The van der Waals surface area contributed by atoms with Crippen LogP contribution in [-0.2, 0) is 28.2 Å². The molecule has 1 aliphatic rings. The Morgan fingerprint density at radius 1 is 0.921 bits per heavy atom. The molecule has 202 valence electrons. The van der Waals surface area contributed by atoms with Crippen LogP contribution in [0.5, 0.6) is 0 Å². The molecule has 3 aromatic rings. The highest BCUT2D eigenvalue weighted by Crippen LogP contribution is 2.41. The van der Waals surface area contributed by atoms with Gasteiger partial charge in [0.2, 0.25) is 0 Å². The number of benzene rings is 2. The van der Waals surface area contributed by atoms with Gasteiger partial charge in [0, 0.05) is 11.1 Å². The van der Waals surface area contributed by atoms with Gasteiger partial charge in [0.05, 0.1) is 22.8 Å². The average Bonchev–Trinajstić information content (AvgIpc) is 2.98. The second-order valence-corrected chi connectivity index (χ2v) is 11.5. The smallest absolute Gasteiger partial charge is 0.338 e. The first-order valence-corrected chi connectivity index (χ1v) is 12.6. The number of hydrogen-bond donors (Lipinski definition) is 1. The summed E-state index contributed by atoms with van der Waals surface area (Å²) in [6.45, 7) is 5.20. The van der Waals surface area contributed by atoms with E-state index in [1.807, 2.05) is 20.8 Å². The van der Waals surface area contributed by atoms with Crippen molar-refractivity contribution in [3.05, 3.63) is 77.0 Å². The Hall–Kier alpha value is -3.61. The zero-order valence-corrected chi connectivity index (χ0v) is 21.0. The van der Waals surface area contributed by atoms with Crippen LogP contribution in [0.3, 0.4) is 0 Å². The molecular formula is C25H21F6N3O3S. The van der Waals surface area contributed by atoms with Crippen molar-refractivity contribution in [3.63, 3.8) is 0 Å². The highest BCUT2D eigenvalue weighted by atomic mass is 32.2. The van der Waals surface area contributed by atoms with E-state index < -0.39 is 46.0 Å². The maximum Gasteiger partial charge on any atom is 0.454 e. The summed E-state index contributed by atoms with van der Waals surface area (Å²) in [5.41, 5.74) is -2.03. The molecule has 0 bridgehead atoms. The molecule has 2 aromatic carbocycles. The third-order valence-corrected chi connectivity index (χ3v) is 7.70. The van der Waals surface area contributed by atoms with E-state index in [9.17, 15) is 39.6 Å². The summed E-state index contributed by atoms with van der Waals surface area (Å²) in [4.78, 5) is 15.3. The van der Waals surface area contributed by atoms with Gasteiger partial charge in [0.1, 0.15) is 11.5 Å². The van der Waals surface area contributed by atoms with Crippen LogP contribution in [-0.4, -0.2) is 25.4 Å². The fraction of sp³-hybridized carbons (Fsp3) is 0.280. The van der Waals surface area contributed by atoms with Gasteiger partial charge in [-0.25, -0.2) is 13.4 Å². The number of nitrogens with zero attached hydrogens (tertiary/aromatic N) is 2. The van der Waals surface area contributed by atoms with Gasteiger partial charge in [-0.15, -0.1) is 0 Å². The van der Waals surface area contributed by atoms with E-state index in [-0.39, 0.29) is 33.1 Å². The minimum absolute atomic E-state index is 0.0350. The van der Waals surface area contributed by atoms with Crippen molar-refractivity contribution < 1.29 is 39.6 Å². The van der Waals surface area contributed by atoms with Crippen molar-refractivity contribution in [3.8, 4) is 0 Å². The predicted molar refractivity (Wildman–Crippen MR) is 128 cm³/mol. The normalized spacial score (nSPS) is 14.3. The third-order valence-electron chi connectivity index (χ3n) is 5.93. The molecule has 0 amide bonds. The van der Waals surface area contributed by atoms with Crippen LogP contribution in [0.25, 0.3) is 0 Å². The lowest BCUT2D eigenvalue weighted by Crippen LogP contribution is -2.31. The minimum atomic E-state index is -5.23. The number of fused-ring (bicyclic) bond motifs is 2. The van der Waals surface area contributed by atoms with Crippen LogP contribution < -0.4 is 9.62 Å². The monoisotopic (exact) mass is 557 g/mol.